The van der Waals surface area contributed by atoms with E-state index < -0.39 is 0 Å². The Bertz CT molecular complexity index is 898. The van der Waals surface area contributed by atoms with E-state index >= 15 is 0 Å². The van der Waals surface area contributed by atoms with E-state index in [-0.39, 0.29) is 5.91 Å². The van der Waals surface area contributed by atoms with Crippen LogP contribution in [0.25, 0.3) is 0 Å². The Labute approximate surface area is 161 Å². The number of hydrogen-bond acceptors (Lipinski definition) is 5. The lowest BCUT2D eigenvalue weighted by molar-refractivity contribution is 0.0954. The summed E-state index contributed by atoms with van der Waals surface area (Å²) in [7, 11) is 0. The van der Waals surface area contributed by atoms with Gasteiger partial charge in [0.1, 0.15) is 5.76 Å². The largest absolute Gasteiger partial charge is 0.447 e. The van der Waals surface area contributed by atoms with Gasteiger partial charge < -0.3 is 4.42 Å². The first-order chi connectivity index (χ1) is 12.1. The quantitative estimate of drug-likeness (QED) is 0.451. The Kier molecular flexibility index (Phi) is 5.91. The zero-order valence-electron chi connectivity index (χ0n) is 12.6. The summed E-state index contributed by atoms with van der Waals surface area (Å²) in [6, 6.07) is 12.6. The monoisotopic (exact) mass is 435 g/mol. The Morgan fingerprint density at radius 1 is 1.32 bits per heavy atom. The standard InChI is InChI=1S/C17H11BrClN3O2S/c18-15-8-13(10-21-22-16(23)11-2-1-7-20-9-11)24-17(15)25-14-5-3-12(19)4-6-14/h1-10H,(H,22,23)/b21-10-. The average Bonchev–Trinajstić information content (AvgIpc) is 2.97. The van der Waals surface area contributed by atoms with Gasteiger partial charge in [0, 0.05) is 28.4 Å². The van der Waals surface area contributed by atoms with Crippen LogP contribution in [0.3, 0.4) is 0 Å². The van der Waals surface area contributed by atoms with Crippen LogP contribution in [0.15, 0.2) is 78.8 Å². The average molecular weight is 437 g/mol. The van der Waals surface area contributed by atoms with E-state index in [9.17, 15) is 4.79 Å². The van der Waals surface area contributed by atoms with E-state index in [1.807, 2.05) is 24.3 Å². The van der Waals surface area contributed by atoms with Crippen LogP contribution in [0.5, 0.6) is 0 Å². The number of hydrogen-bond donors (Lipinski definition) is 1. The van der Waals surface area contributed by atoms with Gasteiger partial charge in [0.2, 0.25) is 0 Å². The van der Waals surface area contributed by atoms with E-state index in [1.54, 1.807) is 24.4 Å². The summed E-state index contributed by atoms with van der Waals surface area (Å²) in [5, 5.41) is 5.26. The summed E-state index contributed by atoms with van der Waals surface area (Å²) in [4.78, 5) is 16.7. The molecule has 0 fully saturated rings. The summed E-state index contributed by atoms with van der Waals surface area (Å²) >= 11 is 10.8. The smallest absolute Gasteiger partial charge is 0.272 e. The molecule has 2 heterocycles. The molecule has 25 heavy (non-hydrogen) atoms. The molecule has 0 atom stereocenters. The van der Waals surface area contributed by atoms with Crippen molar-refractivity contribution in [2.75, 3.05) is 0 Å². The number of amides is 1. The fourth-order valence-corrected chi connectivity index (χ4v) is 3.28. The molecule has 1 N–H and O–H groups in total. The van der Waals surface area contributed by atoms with Crippen LogP contribution < -0.4 is 5.43 Å². The van der Waals surface area contributed by atoms with E-state index in [0.717, 1.165) is 9.37 Å². The number of hydrazone groups is 1. The lowest BCUT2D eigenvalue weighted by atomic mass is 10.3. The van der Waals surface area contributed by atoms with Crippen LogP contribution in [0, 0.1) is 0 Å². The molecule has 0 aliphatic rings. The Balaban J connectivity index is 1.64. The zero-order chi connectivity index (χ0) is 17.6. The predicted octanol–water partition coefficient (Wildman–Crippen LogP) is 5.01. The summed E-state index contributed by atoms with van der Waals surface area (Å²) in [5.74, 6) is 0.167. The normalized spacial score (nSPS) is 11.0. The number of pyridine rings is 1. The number of nitrogens with zero attached hydrogens (tertiary/aromatic N) is 2. The highest BCUT2D eigenvalue weighted by atomic mass is 79.9. The third-order valence-electron chi connectivity index (χ3n) is 2.98. The fraction of sp³-hybridized carbons (Fsp3) is 0. The van der Waals surface area contributed by atoms with Gasteiger partial charge in [-0.1, -0.05) is 23.4 Å². The van der Waals surface area contributed by atoms with Gasteiger partial charge in [0.05, 0.1) is 16.3 Å². The molecule has 0 bridgehead atoms. The second kappa shape index (κ2) is 8.33. The Morgan fingerprint density at radius 3 is 2.84 bits per heavy atom. The number of carbonyl (C=O) groups is 1. The van der Waals surface area contributed by atoms with Crippen LogP contribution in [0.1, 0.15) is 16.1 Å². The molecule has 0 spiro atoms. The third kappa shape index (κ3) is 4.94. The molecule has 0 aliphatic heterocycles. The van der Waals surface area contributed by atoms with Crippen LogP contribution >= 0.6 is 39.3 Å². The maximum atomic E-state index is 11.9. The van der Waals surface area contributed by atoms with Crippen molar-refractivity contribution < 1.29 is 9.21 Å². The molecular formula is C17H11BrClN3O2S. The van der Waals surface area contributed by atoms with Crippen LogP contribution in [-0.4, -0.2) is 17.1 Å². The molecule has 3 aromatic rings. The molecule has 0 saturated heterocycles. The minimum Gasteiger partial charge on any atom is -0.447 e. The van der Waals surface area contributed by atoms with Crippen molar-refractivity contribution in [1.29, 1.82) is 0 Å². The molecular weight excluding hydrogens is 426 g/mol. The van der Waals surface area contributed by atoms with E-state index in [2.05, 4.69) is 31.4 Å². The van der Waals surface area contributed by atoms with Crippen LogP contribution in [-0.2, 0) is 0 Å². The van der Waals surface area contributed by atoms with Gasteiger partial charge in [-0.15, -0.1) is 0 Å². The van der Waals surface area contributed by atoms with Crippen molar-refractivity contribution in [1.82, 2.24) is 10.4 Å². The highest BCUT2D eigenvalue weighted by molar-refractivity contribution is 9.10. The lowest BCUT2D eigenvalue weighted by Gasteiger charge is -1.99. The van der Waals surface area contributed by atoms with Crippen LogP contribution in [0.2, 0.25) is 5.02 Å². The van der Waals surface area contributed by atoms with Gasteiger partial charge in [0.25, 0.3) is 5.91 Å². The second-order valence-electron chi connectivity index (χ2n) is 4.78. The molecule has 8 heteroatoms. The van der Waals surface area contributed by atoms with Gasteiger partial charge in [-0.25, -0.2) is 5.43 Å². The first kappa shape index (κ1) is 17.7. The number of aromatic nitrogens is 1. The minimum atomic E-state index is -0.342. The summed E-state index contributed by atoms with van der Waals surface area (Å²) in [5.41, 5.74) is 2.86. The number of benzene rings is 1. The molecule has 0 radical (unpaired) electrons. The summed E-state index contributed by atoms with van der Waals surface area (Å²) in [6.07, 6.45) is 4.50. The number of furan rings is 1. The molecule has 2 aromatic heterocycles. The molecule has 5 nitrogen and oxygen atoms in total. The number of halogens is 2. The predicted molar refractivity (Wildman–Crippen MR) is 101 cm³/mol. The van der Waals surface area contributed by atoms with Crippen molar-refractivity contribution in [2.45, 2.75) is 9.99 Å². The Morgan fingerprint density at radius 2 is 2.12 bits per heavy atom. The lowest BCUT2D eigenvalue weighted by Crippen LogP contribution is -2.17. The third-order valence-corrected chi connectivity index (χ3v) is 5.08. The summed E-state index contributed by atoms with van der Waals surface area (Å²) < 4.78 is 6.50. The van der Waals surface area contributed by atoms with Crippen molar-refractivity contribution in [2.24, 2.45) is 5.10 Å². The first-order valence-electron chi connectivity index (χ1n) is 7.08. The highest BCUT2D eigenvalue weighted by Crippen LogP contribution is 2.35. The van der Waals surface area contributed by atoms with Gasteiger partial charge in [0.15, 0.2) is 5.09 Å². The number of rotatable bonds is 5. The topological polar surface area (TPSA) is 67.5 Å². The first-order valence-corrected chi connectivity index (χ1v) is 9.07. The highest BCUT2D eigenvalue weighted by Gasteiger charge is 2.10. The molecule has 1 aromatic carbocycles. The fourth-order valence-electron chi connectivity index (χ4n) is 1.83. The van der Waals surface area contributed by atoms with Gasteiger partial charge in [-0.05, 0) is 52.3 Å². The van der Waals surface area contributed by atoms with Gasteiger partial charge >= 0.3 is 0 Å². The maximum Gasteiger partial charge on any atom is 0.272 e. The van der Waals surface area contributed by atoms with Gasteiger partial charge in [-0.3, -0.25) is 9.78 Å². The summed E-state index contributed by atoms with van der Waals surface area (Å²) in [6.45, 7) is 0. The number of carbonyl (C=O) groups excluding carboxylic acids is 1. The van der Waals surface area contributed by atoms with E-state index in [4.69, 9.17) is 16.0 Å². The molecule has 0 aliphatic carbocycles. The van der Waals surface area contributed by atoms with Crippen molar-refractivity contribution in [3.05, 3.63) is 75.7 Å². The van der Waals surface area contributed by atoms with Gasteiger partial charge in [-0.2, -0.15) is 5.10 Å². The molecule has 3 rings (SSSR count). The zero-order valence-corrected chi connectivity index (χ0v) is 15.8. The van der Waals surface area contributed by atoms with Crippen molar-refractivity contribution in [3.63, 3.8) is 0 Å². The maximum absolute atomic E-state index is 11.9. The molecule has 1 amide bonds. The van der Waals surface area contributed by atoms with Crippen molar-refractivity contribution >= 4 is 51.4 Å². The van der Waals surface area contributed by atoms with Crippen molar-refractivity contribution in [3.8, 4) is 0 Å². The molecule has 126 valence electrons. The Hall–Kier alpha value is -2.09. The minimum absolute atomic E-state index is 0.342. The van der Waals surface area contributed by atoms with E-state index in [0.29, 0.717) is 21.4 Å². The number of nitrogens with one attached hydrogen (secondary N) is 1. The van der Waals surface area contributed by atoms with E-state index in [1.165, 1.54) is 24.2 Å². The molecule has 0 unspecified atom stereocenters. The SMILES string of the molecule is O=C(N/N=C\c1cc(Br)c(Sc2ccc(Cl)cc2)o1)c1cccnc1. The second-order valence-corrected chi connectivity index (χ2v) is 7.12. The van der Waals surface area contributed by atoms with Crippen LogP contribution in [0.4, 0.5) is 0 Å². The molecule has 0 saturated carbocycles.